The summed E-state index contributed by atoms with van der Waals surface area (Å²) >= 11 is 6.17. The van der Waals surface area contributed by atoms with Crippen molar-refractivity contribution in [3.8, 4) is 5.75 Å². The lowest BCUT2D eigenvalue weighted by atomic mass is 10.1. The first-order valence-electron chi connectivity index (χ1n) is 8.86. The molecule has 0 spiro atoms. The van der Waals surface area contributed by atoms with E-state index >= 15 is 0 Å². The third-order valence-electron chi connectivity index (χ3n) is 4.03. The number of hydrogen-bond donors (Lipinski definition) is 2. The van der Waals surface area contributed by atoms with Crippen molar-refractivity contribution in [1.29, 1.82) is 0 Å². The predicted octanol–water partition coefficient (Wildman–Crippen LogP) is 2.18. The quantitative estimate of drug-likeness (QED) is 0.650. The highest BCUT2D eigenvalue weighted by atomic mass is 35.5. The molecule has 1 aromatic heterocycles. The van der Waals surface area contributed by atoms with E-state index in [1.165, 1.54) is 0 Å². The number of rotatable bonds is 8. The zero-order chi connectivity index (χ0) is 20.7. The molecule has 1 heterocycles. The zero-order valence-corrected chi connectivity index (χ0v) is 17.2. The SMILES string of the molecule is Cc1noc(C)c1CCNC(=O)C(=O)Nc1ccc(OCCN(C)C)c(Cl)c1. The molecule has 2 aromatic rings. The number of carbonyl (C=O) groups is 2. The van der Waals surface area contributed by atoms with Gasteiger partial charge >= 0.3 is 11.8 Å². The van der Waals surface area contributed by atoms with Gasteiger partial charge in [-0.1, -0.05) is 16.8 Å². The Morgan fingerprint density at radius 3 is 2.61 bits per heavy atom. The van der Waals surface area contributed by atoms with Crippen LogP contribution in [0.4, 0.5) is 5.69 Å². The predicted molar refractivity (Wildman–Crippen MR) is 107 cm³/mol. The molecule has 1 aromatic carbocycles. The van der Waals surface area contributed by atoms with E-state index < -0.39 is 11.8 Å². The van der Waals surface area contributed by atoms with Gasteiger partial charge in [-0.2, -0.15) is 0 Å². The Kier molecular flexibility index (Phi) is 7.83. The van der Waals surface area contributed by atoms with E-state index in [0.29, 0.717) is 41.8 Å². The van der Waals surface area contributed by atoms with Gasteiger partial charge in [0.05, 0.1) is 10.7 Å². The number of aromatic nitrogens is 1. The van der Waals surface area contributed by atoms with Crippen molar-refractivity contribution < 1.29 is 18.8 Å². The average molecular weight is 409 g/mol. The fourth-order valence-corrected chi connectivity index (χ4v) is 2.70. The number of hydrogen-bond acceptors (Lipinski definition) is 6. The van der Waals surface area contributed by atoms with E-state index in [1.54, 1.807) is 18.2 Å². The van der Waals surface area contributed by atoms with Crippen LogP contribution in [-0.2, 0) is 16.0 Å². The molecule has 9 heteroatoms. The molecule has 8 nitrogen and oxygen atoms in total. The zero-order valence-electron chi connectivity index (χ0n) is 16.5. The number of amides is 2. The minimum absolute atomic E-state index is 0.300. The number of benzene rings is 1. The van der Waals surface area contributed by atoms with Gasteiger partial charge in [0.1, 0.15) is 18.1 Å². The molecule has 0 bridgehead atoms. The van der Waals surface area contributed by atoms with Crippen LogP contribution in [0.3, 0.4) is 0 Å². The van der Waals surface area contributed by atoms with E-state index in [9.17, 15) is 9.59 Å². The van der Waals surface area contributed by atoms with Crippen LogP contribution in [0.1, 0.15) is 17.0 Å². The summed E-state index contributed by atoms with van der Waals surface area (Å²) < 4.78 is 10.7. The summed E-state index contributed by atoms with van der Waals surface area (Å²) in [5.74, 6) is -0.269. The van der Waals surface area contributed by atoms with Crippen molar-refractivity contribution >= 4 is 29.1 Å². The molecule has 0 saturated heterocycles. The number of aryl methyl sites for hydroxylation is 2. The Morgan fingerprint density at radius 2 is 2.00 bits per heavy atom. The number of likely N-dealkylation sites (N-methyl/N-ethyl adjacent to an activating group) is 1. The Labute approximate surface area is 169 Å². The number of halogens is 1. The van der Waals surface area contributed by atoms with Gasteiger partial charge in [-0.15, -0.1) is 0 Å². The average Bonchev–Trinajstić information content (AvgIpc) is 2.95. The third-order valence-corrected chi connectivity index (χ3v) is 4.33. The second-order valence-electron chi connectivity index (χ2n) is 6.56. The van der Waals surface area contributed by atoms with Crippen molar-refractivity contribution in [2.45, 2.75) is 20.3 Å². The van der Waals surface area contributed by atoms with Gasteiger partial charge in [-0.3, -0.25) is 9.59 Å². The lowest BCUT2D eigenvalue weighted by molar-refractivity contribution is -0.136. The van der Waals surface area contributed by atoms with Crippen molar-refractivity contribution in [2.24, 2.45) is 0 Å². The van der Waals surface area contributed by atoms with Crippen LogP contribution < -0.4 is 15.4 Å². The van der Waals surface area contributed by atoms with Crippen molar-refractivity contribution in [2.75, 3.05) is 39.1 Å². The summed E-state index contributed by atoms with van der Waals surface area (Å²) in [4.78, 5) is 26.0. The number of nitrogens with one attached hydrogen (secondary N) is 2. The minimum Gasteiger partial charge on any atom is -0.491 e. The van der Waals surface area contributed by atoms with Crippen LogP contribution in [0.25, 0.3) is 0 Å². The topological polar surface area (TPSA) is 96.7 Å². The molecule has 0 aliphatic carbocycles. The summed E-state index contributed by atoms with van der Waals surface area (Å²) in [6.07, 6.45) is 0.533. The van der Waals surface area contributed by atoms with Gasteiger partial charge in [-0.25, -0.2) is 0 Å². The highest BCUT2D eigenvalue weighted by Gasteiger charge is 2.15. The molecule has 2 N–H and O–H groups in total. The van der Waals surface area contributed by atoms with Gasteiger partial charge in [0, 0.05) is 24.3 Å². The smallest absolute Gasteiger partial charge is 0.313 e. The molecule has 0 fully saturated rings. The van der Waals surface area contributed by atoms with Gasteiger partial charge < -0.3 is 24.8 Å². The molecular formula is C19H25ClN4O4. The number of nitrogens with zero attached hydrogens (tertiary/aromatic N) is 2. The molecular weight excluding hydrogens is 384 g/mol. The van der Waals surface area contributed by atoms with Crippen molar-refractivity contribution in [1.82, 2.24) is 15.4 Å². The molecule has 152 valence electrons. The monoisotopic (exact) mass is 408 g/mol. The van der Waals surface area contributed by atoms with Crippen LogP contribution >= 0.6 is 11.6 Å². The Balaban J connectivity index is 1.82. The maximum absolute atomic E-state index is 12.0. The van der Waals surface area contributed by atoms with Crippen LogP contribution in [0.15, 0.2) is 22.7 Å². The first-order valence-corrected chi connectivity index (χ1v) is 9.23. The molecule has 0 aliphatic heterocycles. The summed E-state index contributed by atoms with van der Waals surface area (Å²) in [5, 5.41) is 9.31. The second kappa shape index (κ2) is 10.1. The van der Waals surface area contributed by atoms with E-state index in [4.69, 9.17) is 20.9 Å². The Hall–Kier alpha value is -2.58. The highest BCUT2D eigenvalue weighted by Crippen LogP contribution is 2.27. The molecule has 2 amide bonds. The number of anilines is 1. The van der Waals surface area contributed by atoms with Gasteiger partial charge in [0.15, 0.2) is 0 Å². The number of carbonyl (C=O) groups excluding carboxylic acids is 2. The van der Waals surface area contributed by atoms with Crippen LogP contribution in [0, 0.1) is 13.8 Å². The fourth-order valence-electron chi connectivity index (χ4n) is 2.46. The maximum Gasteiger partial charge on any atom is 0.313 e. The molecule has 0 radical (unpaired) electrons. The normalized spacial score (nSPS) is 10.8. The summed E-state index contributed by atoms with van der Waals surface area (Å²) in [5.41, 5.74) is 2.12. The molecule has 28 heavy (non-hydrogen) atoms. The van der Waals surface area contributed by atoms with E-state index in [0.717, 1.165) is 17.8 Å². The maximum atomic E-state index is 12.0. The summed E-state index contributed by atoms with van der Waals surface area (Å²) in [6.45, 7) is 5.18. The molecule has 0 aliphatic rings. The van der Waals surface area contributed by atoms with Gasteiger partial charge in [0.25, 0.3) is 0 Å². The summed E-state index contributed by atoms with van der Waals surface area (Å²) in [7, 11) is 3.89. The van der Waals surface area contributed by atoms with Gasteiger partial charge in [0.2, 0.25) is 0 Å². The minimum atomic E-state index is -0.767. The first kappa shape index (κ1) is 21.7. The van der Waals surface area contributed by atoms with Crippen molar-refractivity contribution in [3.63, 3.8) is 0 Å². The first-order chi connectivity index (χ1) is 13.3. The third kappa shape index (κ3) is 6.24. The Morgan fingerprint density at radius 1 is 1.25 bits per heavy atom. The lowest BCUT2D eigenvalue weighted by Crippen LogP contribution is -2.36. The largest absolute Gasteiger partial charge is 0.491 e. The number of ether oxygens (including phenoxy) is 1. The summed E-state index contributed by atoms with van der Waals surface area (Å²) in [6, 6.07) is 4.83. The van der Waals surface area contributed by atoms with Crippen molar-refractivity contribution in [3.05, 3.63) is 40.2 Å². The highest BCUT2D eigenvalue weighted by molar-refractivity contribution is 6.40. The van der Waals surface area contributed by atoms with E-state index in [-0.39, 0.29) is 0 Å². The molecule has 0 saturated carbocycles. The molecule has 0 unspecified atom stereocenters. The second-order valence-corrected chi connectivity index (χ2v) is 6.97. The van der Waals surface area contributed by atoms with Crippen LogP contribution in [0.2, 0.25) is 5.02 Å². The fraction of sp³-hybridized carbons (Fsp3) is 0.421. The standard InChI is InChI=1S/C19H25ClN4O4/c1-12-15(13(2)28-23-12)7-8-21-18(25)19(26)22-14-5-6-17(16(20)11-14)27-10-9-24(3)4/h5-6,11H,7-10H2,1-4H3,(H,21,25)(H,22,26). The molecule has 0 atom stereocenters. The molecule has 2 rings (SSSR count). The lowest BCUT2D eigenvalue weighted by Gasteiger charge is -2.13. The van der Waals surface area contributed by atoms with Crippen LogP contribution in [-0.4, -0.2) is 55.7 Å². The van der Waals surface area contributed by atoms with Crippen LogP contribution in [0.5, 0.6) is 5.75 Å². The van der Waals surface area contributed by atoms with E-state index in [1.807, 2.05) is 32.8 Å². The van der Waals surface area contributed by atoms with E-state index in [2.05, 4.69) is 15.8 Å². The Bertz CT molecular complexity index is 816. The van der Waals surface area contributed by atoms with Gasteiger partial charge in [-0.05, 0) is 52.6 Å².